The van der Waals surface area contributed by atoms with Crippen molar-refractivity contribution in [3.63, 3.8) is 0 Å². The lowest BCUT2D eigenvalue weighted by atomic mass is 10.1. The summed E-state index contributed by atoms with van der Waals surface area (Å²) in [6.45, 7) is 1.09. The van der Waals surface area contributed by atoms with Gasteiger partial charge < -0.3 is 0 Å². The highest BCUT2D eigenvalue weighted by Crippen LogP contribution is 2.31. The number of nitrogens with zero attached hydrogens (tertiary/aromatic N) is 2. The molecule has 0 bridgehead atoms. The molecule has 1 aliphatic carbocycles. The SMILES string of the molecule is Ic1cccc(-c2cnn(CC3CC3)c2)c1. The maximum Gasteiger partial charge on any atom is 0.0568 e. The molecule has 0 N–H and O–H groups in total. The largest absolute Gasteiger partial charge is 0.272 e. The summed E-state index contributed by atoms with van der Waals surface area (Å²) in [6.07, 6.45) is 6.87. The first-order valence-electron chi connectivity index (χ1n) is 5.60. The molecule has 2 aromatic rings. The van der Waals surface area contributed by atoms with Gasteiger partial charge in [-0.1, -0.05) is 12.1 Å². The molecular weight excluding hydrogens is 311 g/mol. The van der Waals surface area contributed by atoms with E-state index < -0.39 is 0 Å². The Hall–Kier alpha value is -0.840. The van der Waals surface area contributed by atoms with Crippen molar-refractivity contribution >= 4 is 22.6 Å². The fourth-order valence-corrected chi connectivity index (χ4v) is 2.39. The van der Waals surface area contributed by atoms with Gasteiger partial charge in [0.25, 0.3) is 0 Å². The van der Waals surface area contributed by atoms with Gasteiger partial charge >= 0.3 is 0 Å². The zero-order chi connectivity index (χ0) is 11.0. The highest BCUT2D eigenvalue weighted by molar-refractivity contribution is 14.1. The van der Waals surface area contributed by atoms with Gasteiger partial charge in [-0.25, -0.2) is 0 Å². The van der Waals surface area contributed by atoms with Crippen molar-refractivity contribution in [3.8, 4) is 11.1 Å². The van der Waals surface area contributed by atoms with E-state index in [-0.39, 0.29) is 0 Å². The highest BCUT2D eigenvalue weighted by Gasteiger charge is 2.21. The van der Waals surface area contributed by atoms with Gasteiger partial charge in [-0.3, -0.25) is 4.68 Å². The summed E-state index contributed by atoms with van der Waals surface area (Å²) in [5.41, 5.74) is 2.48. The van der Waals surface area contributed by atoms with Crippen molar-refractivity contribution in [2.45, 2.75) is 19.4 Å². The topological polar surface area (TPSA) is 17.8 Å². The Bertz CT molecular complexity index is 500. The minimum Gasteiger partial charge on any atom is -0.272 e. The zero-order valence-corrected chi connectivity index (χ0v) is 11.1. The van der Waals surface area contributed by atoms with Crippen LogP contribution < -0.4 is 0 Å². The molecule has 1 aromatic heterocycles. The molecule has 0 unspecified atom stereocenters. The van der Waals surface area contributed by atoms with E-state index >= 15 is 0 Å². The van der Waals surface area contributed by atoms with Gasteiger partial charge in [-0.2, -0.15) is 5.10 Å². The Balaban J connectivity index is 1.85. The standard InChI is InChI=1S/C13H13IN2/c14-13-3-1-2-11(6-13)12-7-15-16(9-12)8-10-4-5-10/h1-3,6-7,9-10H,4-5,8H2. The van der Waals surface area contributed by atoms with Gasteiger partial charge in [0.15, 0.2) is 0 Å². The van der Waals surface area contributed by atoms with Gasteiger partial charge in [0, 0.05) is 21.9 Å². The van der Waals surface area contributed by atoms with Crippen LogP contribution in [0.4, 0.5) is 0 Å². The van der Waals surface area contributed by atoms with E-state index in [9.17, 15) is 0 Å². The number of rotatable bonds is 3. The second-order valence-electron chi connectivity index (χ2n) is 4.40. The van der Waals surface area contributed by atoms with E-state index in [0.29, 0.717) is 0 Å². The van der Waals surface area contributed by atoms with Crippen LogP contribution >= 0.6 is 22.6 Å². The first-order chi connectivity index (χ1) is 7.81. The van der Waals surface area contributed by atoms with Crippen LogP contribution in [-0.4, -0.2) is 9.78 Å². The minimum atomic E-state index is 0.878. The van der Waals surface area contributed by atoms with Crippen molar-refractivity contribution in [3.05, 3.63) is 40.2 Å². The van der Waals surface area contributed by atoms with Gasteiger partial charge in [-0.05, 0) is 59.0 Å². The van der Waals surface area contributed by atoms with E-state index in [2.05, 4.69) is 62.8 Å². The third-order valence-corrected chi connectivity index (χ3v) is 3.60. The average Bonchev–Trinajstić information content (AvgIpc) is 2.94. The van der Waals surface area contributed by atoms with Crippen molar-refractivity contribution in [1.82, 2.24) is 9.78 Å². The summed E-state index contributed by atoms with van der Waals surface area (Å²) in [6, 6.07) is 8.54. The smallest absolute Gasteiger partial charge is 0.0568 e. The van der Waals surface area contributed by atoms with E-state index in [0.717, 1.165) is 12.5 Å². The van der Waals surface area contributed by atoms with Crippen LogP contribution in [0, 0.1) is 9.49 Å². The quantitative estimate of drug-likeness (QED) is 0.790. The minimum absolute atomic E-state index is 0.878. The monoisotopic (exact) mass is 324 g/mol. The van der Waals surface area contributed by atoms with Crippen LogP contribution in [-0.2, 0) is 6.54 Å². The van der Waals surface area contributed by atoms with E-state index in [1.165, 1.54) is 27.5 Å². The molecule has 1 fully saturated rings. The second-order valence-corrected chi connectivity index (χ2v) is 5.65. The second kappa shape index (κ2) is 4.20. The van der Waals surface area contributed by atoms with Crippen LogP contribution in [0.5, 0.6) is 0 Å². The molecule has 1 saturated carbocycles. The fraction of sp³-hybridized carbons (Fsp3) is 0.308. The van der Waals surface area contributed by atoms with Crippen LogP contribution in [0.15, 0.2) is 36.7 Å². The molecule has 0 amide bonds. The number of hydrogen-bond acceptors (Lipinski definition) is 1. The van der Waals surface area contributed by atoms with Gasteiger partial charge in [0.1, 0.15) is 0 Å². The molecule has 0 radical (unpaired) electrons. The molecule has 0 aliphatic heterocycles. The number of aromatic nitrogens is 2. The molecule has 82 valence electrons. The summed E-state index contributed by atoms with van der Waals surface area (Å²) in [5, 5.41) is 4.42. The van der Waals surface area contributed by atoms with E-state index in [4.69, 9.17) is 0 Å². The summed E-state index contributed by atoms with van der Waals surface area (Å²) in [5.74, 6) is 0.878. The normalized spacial score (nSPS) is 15.3. The molecule has 16 heavy (non-hydrogen) atoms. The number of hydrogen-bond donors (Lipinski definition) is 0. The molecule has 1 aliphatic rings. The molecule has 3 heteroatoms. The predicted molar refractivity (Wildman–Crippen MR) is 73.1 cm³/mol. The first kappa shape index (κ1) is 10.3. The zero-order valence-electron chi connectivity index (χ0n) is 8.94. The van der Waals surface area contributed by atoms with Crippen molar-refractivity contribution in [2.24, 2.45) is 5.92 Å². The summed E-state index contributed by atoms with van der Waals surface area (Å²) < 4.78 is 3.34. The van der Waals surface area contributed by atoms with Gasteiger partial charge in [0.05, 0.1) is 6.20 Å². The predicted octanol–water partition coefficient (Wildman–Crippen LogP) is 3.56. The summed E-state index contributed by atoms with van der Waals surface area (Å²) >= 11 is 2.34. The summed E-state index contributed by atoms with van der Waals surface area (Å²) in [4.78, 5) is 0. The summed E-state index contributed by atoms with van der Waals surface area (Å²) in [7, 11) is 0. The van der Waals surface area contributed by atoms with Crippen LogP contribution in [0.25, 0.3) is 11.1 Å². The third-order valence-electron chi connectivity index (χ3n) is 2.93. The Kier molecular flexibility index (Phi) is 2.71. The molecule has 0 spiro atoms. The Morgan fingerprint density at radius 1 is 1.31 bits per heavy atom. The lowest BCUT2D eigenvalue weighted by Gasteiger charge is -1.98. The molecule has 0 atom stereocenters. The van der Waals surface area contributed by atoms with E-state index in [1.807, 2.05) is 6.20 Å². The van der Waals surface area contributed by atoms with Gasteiger partial charge in [0.2, 0.25) is 0 Å². The third kappa shape index (κ3) is 2.29. The number of benzene rings is 1. The molecular formula is C13H13IN2. The van der Waals surface area contributed by atoms with E-state index in [1.54, 1.807) is 0 Å². The lowest BCUT2D eigenvalue weighted by molar-refractivity contribution is 0.563. The van der Waals surface area contributed by atoms with Gasteiger partial charge in [-0.15, -0.1) is 0 Å². The first-order valence-corrected chi connectivity index (χ1v) is 6.67. The van der Waals surface area contributed by atoms with Crippen molar-refractivity contribution in [2.75, 3.05) is 0 Å². The molecule has 2 nitrogen and oxygen atoms in total. The lowest BCUT2D eigenvalue weighted by Crippen LogP contribution is -1.98. The molecule has 1 heterocycles. The molecule has 1 aromatic carbocycles. The van der Waals surface area contributed by atoms with Crippen LogP contribution in [0.3, 0.4) is 0 Å². The molecule has 0 saturated heterocycles. The fourth-order valence-electron chi connectivity index (χ4n) is 1.85. The van der Waals surface area contributed by atoms with Crippen LogP contribution in [0.1, 0.15) is 12.8 Å². The highest BCUT2D eigenvalue weighted by atomic mass is 127. The maximum atomic E-state index is 4.42. The molecule has 3 rings (SSSR count). The Morgan fingerprint density at radius 2 is 2.19 bits per heavy atom. The Morgan fingerprint density at radius 3 is 2.94 bits per heavy atom. The Labute approximate surface area is 109 Å². The van der Waals surface area contributed by atoms with Crippen LogP contribution in [0.2, 0.25) is 0 Å². The number of halogens is 1. The maximum absolute atomic E-state index is 4.42. The average molecular weight is 324 g/mol. The van der Waals surface area contributed by atoms with Crippen molar-refractivity contribution in [1.29, 1.82) is 0 Å². The van der Waals surface area contributed by atoms with Crippen molar-refractivity contribution < 1.29 is 0 Å².